The van der Waals surface area contributed by atoms with Gasteiger partial charge in [0.2, 0.25) is 0 Å². The molecule has 0 amide bonds. The third-order valence-corrected chi connectivity index (χ3v) is 1.92. The van der Waals surface area contributed by atoms with Crippen LogP contribution in [0.1, 0.15) is 11.1 Å². The Morgan fingerprint density at radius 2 is 2.29 bits per heavy atom. The standard InChI is InChI=1S/C9H7N5/c1-7-4-8(5-10)2-3-9(7)14-6-11-12-13-14/h2-4,6H,1H3. The number of nitrogens with zero attached hydrogens (tertiary/aromatic N) is 5. The zero-order chi connectivity index (χ0) is 9.97. The predicted octanol–water partition coefficient (Wildman–Crippen LogP) is 0.842. The van der Waals surface area contributed by atoms with Gasteiger partial charge >= 0.3 is 0 Å². The Hall–Kier alpha value is -2.22. The van der Waals surface area contributed by atoms with Crippen LogP contribution < -0.4 is 0 Å². The Morgan fingerprint density at radius 1 is 1.43 bits per heavy atom. The zero-order valence-electron chi connectivity index (χ0n) is 7.55. The average Bonchev–Trinajstić information content (AvgIpc) is 2.70. The van der Waals surface area contributed by atoms with Crippen LogP contribution in [0.2, 0.25) is 0 Å². The van der Waals surface area contributed by atoms with E-state index in [0.717, 1.165) is 11.3 Å². The summed E-state index contributed by atoms with van der Waals surface area (Å²) >= 11 is 0. The Kier molecular flexibility index (Phi) is 1.95. The van der Waals surface area contributed by atoms with Crippen LogP contribution in [0.3, 0.4) is 0 Å². The first-order chi connectivity index (χ1) is 6.81. The molecule has 0 saturated carbocycles. The summed E-state index contributed by atoms with van der Waals surface area (Å²) in [6.07, 6.45) is 1.52. The third kappa shape index (κ3) is 1.33. The molecule has 0 aliphatic rings. The quantitative estimate of drug-likeness (QED) is 0.660. The number of rotatable bonds is 1. The summed E-state index contributed by atoms with van der Waals surface area (Å²) in [7, 11) is 0. The van der Waals surface area contributed by atoms with Crippen molar-refractivity contribution in [2.45, 2.75) is 6.92 Å². The van der Waals surface area contributed by atoms with Crippen LogP contribution in [0.5, 0.6) is 0 Å². The molecule has 1 aromatic carbocycles. The van der Waals surface area contributed by atoms with Crippen LogP contribution in [-0.2, 0) is 0 Å². The van der Waals surface area contributed by atoms with Crippen LogP contribution in [0, 0.1) is 18.3 Å². The molecule has 2 rings (SSSR count). The number of benzene rings is 1. The van der Waals surface area contributed by atoms with Gasteiger partial charge in [-0.25, -0.2) is 4.68 Å². The van der Waals surface area contributed by atoms with Crippen molar-refractivity contribution in [1.29, 1.82) is 5.26 Å². The molecule has 0 radical (unpaired) electrons. The smallest absolute Gasteiger partial charge is 0.143 e. The maximum absolute atomic E-state index is 8.69. The van der Waals surface area contributed by atoms with E-state index in [1.54, 1.807) is 16.8 Å². The van der Waals surface area contributed by atoms with Gasteiger partial charge in [-0.2, -0.15) is 5.26 Å². The number of aromatic nitrogens is 4. The summed E-state index contributed by atoms with van der Waals surface area (Å²) < 4.78 is 1.57. The van der Waals surface area contributed by atoms with E-state index in [4.69, 9.17) is 5.26 Å². The molecule has 2 aromatic rings. The Morgan fingerprint density at radius 3 is 2.86 bits per heavy atom. The van der Waals surface area contributed by atoms with Crippen molar-refractivity contribution in [1.82, 2.24) is 20.2 Å². The molecule has 1 aromatic heterocycles. The number of nitriles is 1. The van der Waals surface area contributed by atoms with Crippen molar-refractivity contribution in [2.75, 3.05) is 0 Å². The first kappa shape index (κ1) is 8.38. The predicted molar refractivity (Wildman–Crippen MR) is 48.6 cm³/mol. The molecule has 0 spiro atoms. The van der Waals surface area contributed by atoms with Crippen LogP contribution in [0.15, 0.2) is 24.5 Å². The molecule has 0 aliphatic heterocycles. The lowest BCUT2D eigenvalue weighted by atomic mass is 10.1. The Balaban J connectivity index is 2.52. The highest BCUT2D eigenvalue weighted by Gasteiger charge is 2.02. The average molecular weight is 185 g/mol. The molecule has 1 heterocycles. The van der Waals surface area contributed by atoms with Gasteiger partial charge < -0.3 is 0 Å². The summed E-state index contributed by atoms with van der Waals surface area (Å²) in [5.41, 5.74) is 2.49. The minimum absolute atomic E-state index is 0.638. The summed E-state index contributed by atoms with van der Waals surface area (Å²) in [6.45, 7) is 1.91. The molecule has 14 heavy (non-hydrogen) atoms. The van der Waals surface area contributed by atoms with E-state index in [0.29, 0.717) is 5.56 Å². The highest BCUT2D eigenvalue weighted by molar-refractivity contribution is 5.45. The molecule has 5 nitrogen and oxygen atoms in total. The molecule has 0 fully saturated rings. The third-order valence-electron chi connectivity index (χ3n) is 1.92. The van der Waals surface area contributed by atoms with Gasteiger partial charge in [0, 0.05) is 0 Å². The van der Waals surface area contributed by atoms with E-state index in [-0.39, 0.29) is 0 Å². The maximum atomic E-state index is 8.69. The molecule has 0 N–H and O–H groups in total. The van der Waals surface area contributed by atoms with E-state index in [1.165, 1.54) is 6.33 Å². The number of hydrogen-bond donors (Lipinski definition) is 0. The van der Waals surface area contributed by atoms with Crippen molar-refractivity contribution < 1.29 is 0 Å². The summed E-state index contributed by atoms with van der Waals surface area (Å²) in [5, 5.41) is 19.6. The fraction of sp³-hybridized carbons (Fsp3) is 0.111. The normalized spacial score (nSPS) is 9.71. The lowest BCUT2D eigenvalue weighted by Crippen LogP contribution is -1.98. The van der Waals surface area contributed by atoms with E-state index >= 15 is 0 Å². The summed E-state index contributed by atoms with van der Waals surface area (Å²) in [5.74, 6) is 0. The lowest BCUT2D eigenvalue weighted by Gasteiger charge is -2.03. The molecular weight excluding hydrogens is 178 g/mol. The molecule has 0 unspecified atom stereocenters. The SMILES string of the molecule is Cc1cc(C#N)ccc1-n1cnnn1. The molecule has 0 aliphatic carbocycles. The molecule has 68 valence electrons. The van der Waals surface area contributed by atoms with Gasteiger partial charge in [0.1, 0.15) is 6.33 Å². The summed E-state index contributed by atoms with van der Waals surface area (Å²) in [6, 6.07) is 7.45. The zero-order valence-corrected chi connectivity index (χ0v) is 7.55. The number of aryl methyl sites for hydroxylation is 1. The minimum Gasteiger partial charge on any atom is -0.200 e. The fourth-order valence-corrected chi connectivity index (χ4v) is 1.25. The second-order valence-electron chi connectivity index (χ2n) is 2.87. The number of hydrogen-bond acceptors (Lipinski definition) is 4. The second kappa shape index (κ2) is 3.26. The van der Waals surface area contributed by atoms with Crippen LogP contribution in [0.4, 0.5) is 0 Å². The largest absolute Gasteiger partial charge is 0.200 e. The van der Waals surface area contributed by atoms with Crippen molar-refractivity contribution in [3.63, 3.8) is 0 Å². The fourth-order valence-electron chi connectivity index (χ4n) is 1.25. The van der Waals surface area contributed by atoms with Crippen LogP contribution in [-0.4, -0.2) is 20.2 Å². The van der Waals surface area contributed by atoms with Crippen molar-refractivity contribution in [3.8, 4) is 11.8 Å². The van der Waals surface area contributed by atoms with Crippen LogP contribution >= 0.6 is 0 Å². The van der Waals surface area contributed by atoms with Crippen molar-refractivity contribution in [3.05, 3.63) is 35.7 Å². The van der Waals surface area contributed by atoms with Gasteiger partial charge in [0.05, 0.1) is 17.3 Å². The monoisotopic (exact) mass is 185 g/mol. The van der Waals surface area contributed by atoms with Gasteiger partial charge in [0.15, 0.2) is 0 Å². The summed E-state index contributed by atoms with van der Waals surface area (Å²) in [4.78, 5) is 0. The number of tetrazole rings is 1. The van der Waals surface area contributed by atoms with Crippen molar-refractivity contribution >= 4 is 0 Å². The minimum atomic E-state index is 0.638. The van der Waals surface area contributed by atoms with Gasteiger partial charge in [0.25, 0.3) is 0 Å². The molecule has 0 atom stereocenters. The molecule has 0 bridgehead atoms. The topological polar surface area (TPSA) is 67.4 Å². The van der Waals surface area contributed by atoms with E-state index < -0.39 is 0 Å². The van der Waals surface area contributed by atoms with E-state index in [9.17, 15) is 0 Å². The highest BCUT2D eigenvalue weighted by Crippen LogP contribution is 2.13. The second-order valence-corrected chi connectivity index (χ2v) is 2.87. The molecule has 5 heteroatoms. The van der Waals surface area contributed by atoms with Crippen molar-refractivity contribution in [2.24, 2.45) is 0 Å². The molecule has 0 saturated heterocycles. The first-order valence-electron chi connectivity index (χ1n) is 4.05. The van der Waals surface area contributed by atoms with Gasteiger partial charge in [-0.3, -0.25) is 0 Å². The Bertz CT molecular complexity index is 480. The first-order valence-corrected chi connectivity index (χ1v) is 4.05. The van der Waals surface area contributed by atoms with Gasteiger partial charge in [-0.15, -0.1) is 5.10 Å². The van der Waals surface area contributed by atoms with Gasteiger partial charge in [-0.05, 0) is 41.1 Å². The van der Waals surface area contributed by atoms with E-state index in [1.807, 2.05) is 13.0 Å². The highest BCUT2D eigenvalue weighted by atomic mass is 15.5. The van der Waals surface area contributed by atoms with Gasteiger partial charge in [-0.1, -0.05) is 0 Å². The molecular formula is C9H7N5. The van der Waals surface area contributed by atoms with E-state index in [2.05, 4.69) is 21.6 Å². The lowest BCUT2D eigenvalue weighted by molar-refractivity contribution is 0.785. The van der Waals surface area contributed by atoms with Crippen LogP contribution in [0.25, 0.3) is 5.69 Å². The maximum Gasteiger partial charge on any atom is 0.143 e. The Labute approximate surface area is 80.6 Å².